The molecule has 8 nitrogen and oxygen atoms in total. The molecule has 4 N–H and O–H groups in total. The van der Waals surface area contributed by atoms with Crippen LogP contribution in [-0.4, -0.2) is 71.8 Å². The van der Waals surface area contributed by atoms with Crippen LogP contribution in [0, 0.1) is 0 Å². The number of nitrogens with zero attached hydrogens (tertiary/aromatic N) is 1. The molecule has 2 atom stereocenters. The van der Waals surface area contributed by atoms with Gasteiger partial charge >= 0.3 is 5.97 Å². The summed E-state index contributed by atoms with van der Waals surface area (Å²) in [6, 6.07) is 7.57. The molecule has 1 aliphatic heterocycles. The molecule has 0 aliphatic carbocycles. The van der Waals surface area contributed by atoms with Crippen LogP contribution in [0.25, 0.3) is 0 Å². The molecule has 0 saturated carbocycles. The van der Waals surface area contributed by atoms with E-state index in [2.05, 4.69) is 17.7 Å². The van der Waals surface area contributed by atoms with Crippen LogP contribution >= 0.6 is 0 Å². The Bertz CT molecular complexity index is 707. The first-order valence-electron chi connectivity index (χ1n) is 10.1. The maximum atomic E-state index is 12.1. The van der Waals surface area contributed by atoms with E-state index in [4.69, 9.17) is 10.2 Å². The molecular formula is C21H32N3O5+. The molecule has 1 aromatic carbocycles. The molecule has 1 fully saturated rings. The van der Waals surface area contributed by atoms with Gasteiger partial charge in [-0.05, 0) is 31.4 Å². The van der Waals surface area contributed by atoms with E-state index in [1.807, 2.05) is 12.1 Å². The van der Waals surface area contributed by atoms with Crippen LogP contribution in [0.15, 0.2) is 24.3 Å². The topological polar surface area (TPSA) is 116 Å². The van der Waals surface area contributed by atoms with Crippen molar-refractivity contribution in [1.82, 2.24) is 10.6 Å². The summed E-state index contributed by atoms with van der Waals surface area (Å²) in [6.07, 6.45) is 2.56. The number of aliphatic hydroxyl groups excluding tert-OH is 1. The van der Waals surface area contributed by atoms with Gasteiger partial charge in [-0.15, -0.1) is 0 Å². The van der Waals surface area contributed by atoms with Crippen molar-refractivity contribution in [3.8, 4) is 0 Å². The van der Waals surface area contributed by atoms with Gasteiger partial charge in [0, 0.05) is 30.5 Å². The number of piperidine rings is 1. The van der Waals surface area contributed by atoms with E-state index in [-0.39, 0.29) is 43.8 Å². The molecule has 2 unspecified atom stereocenters. The second-order valence-electron chi connectivity index (χ2n) is 8.01. The highest BCUT2D eigenvalue weighted by atomic mass is 16.4. The maximum absolute atomic E-state index is 12.1. The highest BCUT2D eigenvalue weighted by molar-refractivity contribution is 5.94. The number of hydrogen-bond acceptors (Lipinski definition) is 4. The number of amides is 2. The van der Waals surface area contributed by atoms with Gasteiger partial charge in [-0.2, -0.15) is 0 Å². The predicted molar refractivity (Wildman–Crippen MR) is 108 cm³/mol. The molecule has 0 radical (unpaired) electrons. The number of aliphatic carboxylic acids is 1. The number of hydrogen-bond donors (Lipinski definition) is 4. The largest absolute Gasteiger partial charge is 0.481 e. The Labute approximate surface area is 171 Å². The molecule has 1 saturated heterocycles. The predicted octanol–water partition coefficient (Wildman–Crippen LogP) is 0.889. The van der Waals surface area contributed by atoms with Crippen LogP contribution in [0.4, 0.5) is 0 Å². The van der Waals surface area contributed by atoms with Gasteiger partial charge in [0.25, 0.3) is 5.91 Å². The van der Waals surface area contributed by atoms with Crippen LogP contribution in [0.2, 0.25) is 0 Å². The fraction of sp³-hybridized carbons (Fsp3) is 0.571. The Morgan fingerprint density at radius 1 is 1.17 bits per heavy atom. The normalized spacial score (nSPS) is 21.4. The van der Waals surface area contributed by atoms with Gasteiger partial charge in [-0.1, -0.05) is 12.1 Å². The molecule has 0 bridgehead atoms. The number of carbonyl (C=O) groups excluding carboxylic acids is 2. The summed E-state index contributed by atoms with van der Waals surface area (Å²) in [5, 5.41) is 23.2. The Kier molecular flexibility index (Phi) is 8.60. The molecule has 1 aromatic rings. The summed E-state index contributed by atoms with van der Waals surface area (Å²) in [5.74, 6) is -1.16. The molecule has 1 aliphatic rings. The minimum absolute atomic E-state index is 0.0138. The number of likely N-dealkylation sites (N-methyl/N-ethyl adjacent to an activating group) is 1. The van der Waals surface area contributed by atoms with E-state index < -0.39 is 5.97 Å². The maximum Gasteiger partial charge on any atom is 0.303 e. The summed E-state index contributed by atoms with van der Waals surface area (Å²) < 4.78 is 0.802. The van der Waals surface area contributed by atoms with Crippen LogP contribution in [-0.2, 0) is 16.1 Å². The number of rotatable bonds is 10. The van der Waals surface area contributed by atoms with Crippen LogP contribution < -0.4 is 10.6 Å². The van der Waals surface area contributed by atoms with Gasteiger partial charge in [0.05, 0.1) is 32.8 Å². The summed E-state index contributed by atoms with van der Waals surface area (Å²) in [6.45, 7) is 2.80. The minimum Gasteiger partial charge on any atom is -0.481 e. The van der Waals surface area contributed by atoms with Crippen molar-refractivity contribution >= 4 is 17.8 Å². The van der Waals surface area contributed by atoms with Crippen molar-refractivity contribution in [1.29, 1.82) is 0 Å². The van der Waals surface area contributed by atoms with Crippen LogP contribution in [0.3, 0.4) is 0 Å². The number of carbonyl (C=O) groups is 3. The number of carboxylic acid groups (broad SMARTS) is 1. The van der Waals surface area contributed by atoms with Crippen molar-refractivity contribution in [2.75, 3.05) is 33.3 Å². The summed E-state index contributed by atoms with van der Waals surface area (Å²) in [4.78, 5) is 34.6. The molecule has 1 heterocycles. The number of nitrogens with one attached hydrogen (secondary N) is 2. The number of carboxylic acids is 1. The van der Waals surface area contributed by atoms with Gasteiger partial charge in [0.1, 0.15) is 6.54 Å². The Morgan fingerprint density at radius 3 is 2.55 bits per heavy atom. The number of likely N-dealkylation sites (tertiary alicyclic amines) is 1. The number of aliphatic hydroxyl groups is 1. The zero-order chi connectivity index (χ0) is 21.3. The first-order valence-corrected chi connectivity index (χ1v) is 10.1. The lowest BCUT2D eigenvalue weighted by Gasteiger charge is -2.41. The standard InChI is InChI=1S/C21H31N3O5/c1-24(14-16-7-9-17(10-8-16)21(29)22-11-13-25)12-3-4-18(15-24)23-19(26)5-2-6-20(27)28/h7-10,18,25H,2-6,11-15H2,1H3,(H2-,22,23,26,27,28,29)/p+1. The quantitative estimate of drug-likeness (QED) is 0.431. The van der Waals surface area contributed by atoms with E-state index in [1.54, 1.807) is 12.1 Å². The van der Waals surface area contributed by atoms with E-state index >= 15 is 0 Å². The summed E-state index contributed by atoms with van der Waals surface area (Å²) in [7, 11) is 2.17. The third-order valence-corrected chi connectivity index (χ3v) is 5.25. The van der Waals surface area contributed by atoms with Crippen molar-refractivity contribution in [3.05, 3.63) is 35.4 Å². The average Bonchev–Trinajstić information content (AvgIpc) is 2.66. The molecule has 0 aromatic heterocycles. The third-order valence-electron chi connectivity index (χ3n) is 5.25. The Morgan fingerprint density at radius 2 is 1.90 bits per heavy atom. The van der Waals surface area contributed by atoms with Gasteiger partial charge < -0.3 is 25.3 Å². The van der Waals surface area contributed by atoms with E-state index in [0.717, 1.165) is 42.5 Å². The van der Waals surface area contributed by atoms with E-state index in [1.165, 1.54) is 0 Å². The second kappa shape index (κ2) is 10.9. The average molecular weight is 407 g/mol. The Balaban J connectivity index is 1.87. The molecule has 160 valence electrons. The summed E-state index contributed by atoms with van der Waals surface area (Å²) >= 11 is 0. The lowest BCUT2D eigenvalue weighted by atomic mass is 10.0. The lowest BCUT2D eigenvalue weighted by Crippen LogP contribution is -2.56. The molecule has 2 rings (SSSR count). The zero-order valence-corrected chi connectivity index (χ0v) is 17.0. The fourth-order valence-corrected chi connectivity index (χ4v) is 3.87. The first kappa shape index (κ1) is 22.8. The monoisotopic (exact) mass is 406 g/mol. The van der Waals surface area contributed by atoms with Gasteiger partial charge in [-0.25, -0.2) is 0 Å². The SMILES string of the molecule is C[N+]1(Cc2ccc(C(=O)NCCO)cc2)CCCC(NC(=O)CCCC(=O)O)C1. The van der Waals surface area contributed by atoms with E-state index in [9.17, 15) is 14.4 Å². The molecular weight excluding hydrogens is 374 g/mol. The minimum atomic E-state index is -0.878. The van der Waals surface area contributed by atoms with Crippen molar-refractivity contribution in [2.45, 2.75) is 44.7 Å². The smallest absolute Gasteiger partial charge is 0.303 e. The van der Waals surface area contributed by atoms with Crippen molar-refractivity contribution in [2.24, 2.45) is 0 Å². The fourth-order valence-electron chi connectivity index (χ4n) is 3.87. The number of quaternary nitrogens is 1. The van der Waals surface area contributed by atoms with Crippen LogP contribution in [0.5, 0.6) is 0 Å². The molecule has 0 spiro atoms. The Hall–Kier alpha value is -2.45. The van der Waals surface area contributed by atoms with Crippen LogP contribution in [0.1, 0.15) is 48.0 Å². The highest BCUT2D eigenvalue weighted by Crippen LogP contribution is 2.21. The van der Waals surface area contributed by atoms with Gasteiger partial charge in [-0.3, -0.25) is 14.4 Å². The second-order valence-corrected chi connectivity index (χ2v) is 8.01. The summed E-state index contributed by atoms with van der Waals surface area (Å²) in [5.41, 5.74) is 1.69. The third kappa shape index (κ3) is 7.83. The zero-order valence-electron chi connectivity index (χ0n) is 17.0. The lowest BCUT2D eigenvalue weighted by molar-refractivity contribution is -0.927. The van der Waals surface area contributed by atoms with Crippen molar-refractivity contribution in [3.63, 3.8) is 0 Å². The van der Waals surface area contributed by atoms with Gasteiger partial charge in [0.2, 0.25) is 5.91 Å². The highest BCUT2D eigenvalue weighted by Gasteiger charge is 2.32. The molecule has 2 amide bonds. The first-order chi connectivity index (χ1) is 13.8. The number of benzene rings is 1. The molecule has 8 heteroatoms. The van der Waals surface area contributed by atoms with Crippen molar-refractivity contribution < 1.29 is 29.1 Å². The molecule has 29 heavy (non-hydrogen) atoms. The van der Waals surface area contributed by atoms with Gasteiger partial charge in [0.15, 0.2) is 0 Å². The van der Waals surface area contributed by atoms with E-state index in [0.29, 0.717) is 12.0 Å².